The lowest BCUT2D eigenvalue weighted by Crippen LogP contribution is -2.61. The predicted molar refractivity (Wildman–Crippen MR) is 225 cm³/mol. The second-order valence-corrected chi connectivity index (χ2v) is 16.5. The van der Waals surface area contributed by atoms with E-state index in [0.717, 1.165) is 5.57 Å². The summed E-state index contributed by atoms with van der Waals surface area (Å²) in [5.74, 6) is -3.95. The molecule has 0 saturated carbocycles. The van der Waals surface area contributed by atoms with Crippen molar-refractivity contribution in [3.8, 4) is 5.75 Å². The number of halogens is 2. The van der Waals surface area contributed by atoms with Crippen LogP contribution in [-0.4, -0.2) is 94.5 Å². The zero-order valence-corrected chi connectivity index (χ0v) is 36.4. The van der Waals surface area contributed by atoms with E-state index in [-0.39, 0.29) is 40.2 Å². The Morgan fingerprint density at radius 1 is 1.07 bits per heavy atom. The number of aliphatic hydroxyl groups is 1. The quantitative estimate of drug-likeness (QED) is 0.0466. The Hall–Kier alpha value is -4.20. The number of hydrogen-bond donors (Lipinski definition) is 4. The minimum Gasteiger partial charge on any atom is -0.505 e. The van der Waals surface area contributed by atoms with Crippen LogP contribution in [-0.2, 0) is 39.8 Å². The van der Waals surface area contributed by atoms with Crippen molar-refractivity contribution in [2.75, 3.05) is 14.2 Å². The van der Waals surface area contributed by atoms with Gasteiger partial charge in [0.1, 0.15) is 18.2 Å². The number of carbonyl (C=O) groups excluding carboxylic acids is 4. The van der Waals surface area contributed by atoms with E-state index in [9.17, 15) is 29.4 Å². The van der Waals surface area contributed by atoms with E-state index in [4.69, 9.17) is 37.4 Å². The standard InChI is InChI=1S/C44H59Cl2N3O9/c1-12-18-27(6)33(56-11)24-34-44(9,58-34)42(54)49(10)35(25(4)13-2)40(52)47-32(23-28-21-30(45)36(50)31(46)22-28)39(51)48-38(43(7,8)55)41(53)57-37(26(5)14-3)29-19-16-15-17-20-29/h12,14-22,25-26,32-35,37-38,50,55H,1,3,13,23-24H2,2,4-11H3,(H,47,52)(H,48,51)/b27-18+/t25-,26+,32+,33+,34-,35-,37-,38+,44+/m0/s1. The minimum atomic E-state index is -1.84. The number of methoxy groups -OCH3 is 1. The lowest BCUT2D eigenvalue weighted by Gasteiger charge is -2.35. The Labute approximate surface area is 352 Å². The summed E-state index contributed by atoms with van der Waals surface area (Å²) >= 11 is 12.5. The van der Waals surface area contributed by atoms with Crippen molar-refractivity contribution in [2.24, 2.45) is 11.8 Å². The molecule has 58 heavy (non-hydrogen) atoms. The van der Waals surface area contributed by atoms with Crippen LogP contribution in [0, 0.1) is 11.8 Å². The number of esters is 1. The maximum absolute atomic E-state index is 14.4. The topological polar surface area (TPSA) is 167 Å². The summed E-state index contributed by atoms with van der Waals surface area (Å²) in [5, 5.41) is 26.7. The lowest BCUT2D eigenvalue weighted by atomic mass is 9.93. The van der Waals surface area contributed by atoms with Crippen LogP contribution in [0.3, 0.4) is 0 Å². The average Bonchev–Trinajstić information content (AvgIpc) is 3.85. The minimum absolute atomic E-state index is 0.0878. The van der Waals surface area contributed by atoms with Gasteiger partial charge in [-0.1, -0.05) is 106 Å². The molecule has 12 nitrogen and oxygen atoms in total. The molecule has 0 aromatic heterocycles. The van der Waals surface area contributed by atoms with Crippen molar-refractivity contribution >= 4 is 46.9 Å². The number of carbonyl (C=O) groups is 4. The smallest absolute Gasteiger partial charge is 0.332 e. The van der Waals surface area contributed by atoms with Crippen molar-refractivity contribution in [1.29, 1.82) is 0 Å². The summed E-state index contributed by atoms with van der Waals surface area (Å²) in [6.07, 6.45) is 4.19. The molecule has 0 spiro atoms. The molecule has 0 radical (unpaired) electrons. The number of hydrogen-bond acceptors (Lipinski definition) is 9. The van der Waals surface area contributed by atoms with E-state index >= 15 is 0 Å². The van der Waals surface area contributed by atoms with E-state index in [1.54, 1.807) is 50.5 Å². The molecular formula is C44H59Cl2N3O9. The number of aromatic hydroxyl groups is 1. The molecular weight excluding hydrogens is 785 g/mol. The number of benzene rings is 2. The van der Waals surface area contributed by atoms with Gasteiger partial charge >= 0.3 is 5.97 Å². The van der Waals surface area contributed by atoms with E-state index in [0.29, 0.717) is 24.0 Å². The summed E-state index contributed by atoms with van der Waals surface area (Å²) in [7, 11) is 3.09. The zero-order chi connectivity index (χ0) is 43.7. The molecule has 1 heterocycles. The fraction of sp³-hybridized carbons (Fsp3) is 0.500. The van der Waals surface area contributed by atoms with Crippen LogP contribution < -0.4 is 10.6 Å². The van der Waals surface area contributed by atoms with E-state index in [1.807, 2.05) is 39.8 Å². The number of epoxide rings is 1. The molecule has 2 aromatic carbocycles. The summed E-state index contributed by atoms with van der Waals surface area (Å²) in [6.45, 7) is 19.3. The van der Waals surface area contributed by atoms with Crippen LogP contribution in [0.5, 0.6) is 5.75 Å². The van der Waals surface area contributed by atoms with Gasteiger partial charge in [-0.2, -0.15) is 0 Å². The van der Waals surface area contributed by atoms with E-state index < -0.39 is 65.2 Å². The highest BCUT2D eigenvalue weighted by Crippen LogP contribution is 2.42. The fourth-order valence-corrected chi connectivity index (χ4v) is 7.37. The molecule has 318 valence electrons. The Morgan fingerprint density at radius 2 is 1.67 bits per heavy atom. The molecule has 2 aromatic rings. The first-order valence-corrected chi connectivity index (χ1v) is 20.1. The molecule has 0 unspecified atom stereocenters. The van der Waals surface area contributed by atoms with Crippen LogP contribution in [0.2, 0.25) is 10.0 Å². The highest BCUT2D eigenvalue weighted by atomic mass is 35.5. The van der Waals surface area contributed by atoms with Gasteiger partial charge < -0.3 is 40.0 Å². The first-order chi connectivity index (χ1) is 27.1. The Balaban J connectivity index is 1.97. The van der Waals surface area contributed by atoms with Crippen LogP contribution in [0.4, 0.5) is 0 Å². The van der Waals surface area contributed by atoms with Gasteiger partial charge in [0, 0.05) is 32.9 Å². The van der Waals surface area contributed by atoms with Gasteiger partial charge in [0.15, 0.2) is 17.4 Å². The number of nitrogens with zero attached hydrogens (tertiary/aromatic N) is 1. The number of amides is 3. The summed E-state index contributed by atoms with van der Waals surface area (Å²) in [5.41, 5.74) is -1.12. The average molecular weight is 845 g/mol. The van der Waals surface area contributed by atoms with Gasteiger partial charge in [-0.3, -0.25) is 14.4 Å². The van der Waals surface area contributed by atoms with Gasteiger partial charge in [-0.15, -0.1) is 6.58 Å². The normalized spacial score (nSPS) is 20.3. The third kappa shape index (κ3) is 11.9. The maximum Gasteiger partial charge on any atom is 0.332 e. The third-order valence-electron chi connectivity index (χ3n) is 10.8. The number of allylic oxidation sites excluding steroid dienone is 2. The first-order valence-electron chi connectivity index (χ1n) is 19.3. The zero-order valence-electron chi connectivity index (χ0n) is 34.9. The molecule has 1 saturated heterocycles. The monoisotopic (exact) mass is 843 g/mol. The number of likely N-dealkylation sites (N-methyl/N-ethyl adjacent to an activating group) is 1. The van der Waals surface area contributed by atoms with Gasteiger partial charge in [0.25, 0.3) is 5.91 Å². The second kappa shape index (κ2) is 20.7. The molecule has 3 rings (SSSR count). The summed E-state index contributed by atoms with van der Waals surface area (Å²) in [4.78, 5) is 58.1. The van der Waals surface area contributed by atoms with Gasteiger partial charge in [-0.05, 0) is 62.4 Å². The van der Waals surface area contributed by atoms with Crippen molar-refractivity contribution in [2.45, 2.75) is 115 Å². The van der Waals surface area contributed by atoms with Crippen molar-refractivity contribution in [3.63, 3.8) is 0 Å². The number of phenols is 1. The molecule has 9 atom stereocenters. The SMILES string of the molecule is C=C/C=C(\C)[C@@H](C[C@@H]1O[C@@]1(C)C(=O)N(C)[C@H](C(=O)N[C@H](Cc1cc(Cl)c(O)c(Cl)c1)C(=O)N[C@H](C(=O)O[C@H](c1ccccc1)[C@H](C)C=C)C(C)(C)O)[C@@H](C)CC)OC. The molecule has 14 heteroatoms. The Morgan fingerprint density at radius 3 is 2.19 bits per heavy atom. The largest absolute Gasteiger partial charge is 0.505 e. The highest BCUT2D eigenvalue weighted by Gasteiger charge is 2.61. The maximum atomic E-state index is 14.4. The molecule has 1 fully saturated rings. The van der Waals surface area contributed by atoms with Gasteiger partial charge in [-0.25, -0.2) is 4.79 Å². The van der Waals surface area contributed by atoms with Gasteiger partial charge in [0.2, 0.25) is 11.8 Å². The van der Waals surface area contributed by atoms with E-state index in [1.165, 1.54) is 37.9 Å². The number of rotatable bonds is 21. The van der Waals surface area contributed by atoms with E-state index in [2.05, 4.69) is 23.8 Å². The molecule has 1 aliphatic heterocycles. The van der Waals surface area contributed by atoms with Crippen LogP contribution in [0.15, 0.2) is 79.4 Å². The van der Waals surface area contributed by atoms with Crippen molar-refractivity contribution in [1.82, 2.24) is 15.5 Å². The molecule has 0 bridgehead atoms. The number of nitrogens with one attached hydrogen (secondary N) is 2. The van der Waals surface area contributed by atoms with Crippen molar-refractivity contribution < 1.29 is 43.6 Å². The predicted octanol–water partition coefficient (Wildman–Crippen LogP) is 6.66. The highest BCUT2D eigenvalue weighted by molar-refractivity contribution is 6.37. The molecule has 1 aliphatic rings. The molecule has 4 N–H and O–H groups in total. The van der Waals surface area contributed by atoms with Crippen molar-refractivity contribution in [3.05, 3.63) is 101 Å². The van der Waals surface area contributed by atoms with Crippen LogP contribution in [0.25, 0.3) is 0 Å². The molecule has 0 aliphatic carbocycles. The summed E-state index contributed by atoms with van der Waals surface area (Å²) in [6, 6.07) is 7.71. The molecule has 3 amide bonds. The van der Waals surface area contributed by atoms with Crippen LogP contribution >= 0.6 is 23.2 Å². The number of ether oxygens (including phenoxy) is 3. The first kappa shape index (κ1) is 48.2. The fourth-order valence-electron chi connectivity index (χ4n) is 6.84. The van der Waals surface area contributed by atoms with Crippen LogP contribution in [0.1, 0.15) is 78.5 Å². The summed E-state index contributed by atoms with van der Waals surface area (Å²) < 4.78 is 17.5. The second-order valence-electron chi connectivity index (χ2n) is 15.7. The number of phenolic OH excluding ortho intramolecular Hbond substituents is 1. The van der Waals surface area contributed by atoms with Gasteiger partial charge in [0.05, 0.1) is 27.9 Å². The third-order valence-corrected chi connectivity index (χ3v) is 11.3. The Kier molecular flexibility index (Phi) is 17.2. The lowest BCUT2D eigenvalue weighted by molar-refractivity contribution is -0.162. The Bertz CT molecular complexity index is 1810.